The van der Waals surface area contributed by atoms with Crippen molar-refractivity contribution in [1.29, 1.82) is 0 Å². The summed E-state index contributed by atoms with van der Waals surface area (Å²) >= 11 is 0. The van der Waals surface area contributed by atoms with E-state index in [-0.39, 0.29) is 23.9 Å². The maximum atomic E-state index is 13.6. The van der Waals surface area contributed by atoms with Crippen molar-refractivity contribution in [3.8, 4) is 0 Å². The van der Waals surface area contributed by atoms with Gasteiger partial charge in [-0.25, -0.2) is 18.7 Å². The van der Waals surface area contributed by atoms with Crippen molar-refractivity contribution in [2.24, 2.45) is 0 Å². The van der Waals surface area contributed by atoms with Gasteiger partial charge in [-0.1, -0.05) is 24.3 Å². The van der Waals surface area contributed by atoms with Gasteiger partial charge in [-0.2, -0.15) is 0 Å². The van der Waals surface area contributed by atoms with Crippen LogP contribution in [0.5, 0.6) is 0 Å². The molecule has 3 rings (SSSR count). The number of carbonyl (C=O) groups excluding carboxylic acids is 1. The van der Waals surface area contributed by atoms with E-state index in [1.165, 1.54) is 24.3 Å². The molecule has 1 heterocycles. The zero-order valence-electron chi connectivity index (χ0n) is 14.0. The first-order chi connectivity index (χ1) is 12.5. The Bertz CT molecular complexity index is 946. The number of aromatic nitrogens is 2. The highest BCUT2D eigenvalue weighted by Gasteiger charge is 2.12. The predicted molar refractivity (Wildman–Crippen MR) is 94.0 cm³/mol. The molecule has 0 saturated carbocycles. The molecule has 26 heavy (non-hydrogen) atoms. The molecule has 0 radical (unpaired) electrons. The summed E-state index contributed by atoms with van der Waals surface area (Å²) in [6, 6.07) is 13.5. The SMILES string of the molecule is Cc1nc(Nc2cccc(F)c2)cc(C(=O)NCc2ccccc2F)n1. The van der Waals surface area contributed by atoms with Gasteiger partial charge in [0, 0.05) is 23.9 Å². The number of carbonyl (C=O) groups is 1. The van der Waals surface area contributed by atoms with Gasteiger partial charge in [-0.05, 0) is 31.2 Å². The summed E-state index contributed by atoms with van der Waals surface area (Å²) in [5.74, 6) is -0.494. The minimum atomic E-state index is -0.457. The highest BCUT2D eigenvalue weighted by Crippen LogP contribution is 2.16. The van der Waals surface area contributed by atoms with Crippen LogP contribution in [0.25, 0.3) is 0 Å². The molecular weight excluding hydrogens is 338 g/mol. The second-order valence-electron chi connectivity index (χ2n) is 5.60. The number of anilines is 2. The minimum absolute atomic E-state index is 0.0429. The fourth-order valence-electron chi connectivity index (χ4n) is 2.37. The smallest absolute Gasteiger partial charge is 0.270 e. The molecule has 0 fully saturated rings. The van der Waals surface area contributed by atoms with Crippen LogP contribution in [0, 0.1) is 18.6 Å². The van der Waals surface area contributed by atoms with Gasteiger partial charge in [0.1, 0.15) is 29.0 Å². The summed E-state index contributed by atoms with van der Waals surface area (Å²) in [6.07, 6.45) is 0. The van der Waals surface area contributed by atoms with E-state index in [2.05, 4.69) is 20.6 Å². The Hall–Kier alpha value is -3.35. The van der Waals surface area contributed by atoms with E-state index >= 15 is 0 Å². The summed E-state index contributed by atoms with van der Waals surface area (Å²) in [5.41, 5.74) is 1.01. The molecule has 2 N–H and O–H groups in total. The largest absolute Gasteiger partial charge is 0.347 e. The van der Waals surface area contributed by atoms with Gasteiger partial charge in [0.05, 0.1) is 0 Å². The van der Waals surface area contributed by atoms with Crippen molar-refractivity contribution >= 4 is 17.4 Å². The van der Waals surface area contributed by atoms with E-state index in [0.29, 0.717) is 22.9 Å². The van der Waals surface area contributed by atoms with Crippen molar-refractivity contribution < 1.29 is 13.6 Å². The van der Waals surface area contributed by atoms with Crippen molar-refractivity contribution in [3.05, 3.63) is 83.3 Å². The highest BCUT2D eigenvalue weighted by molar-refractivity contribution is 5.93. The molecule has 1 amide bonds. The van der Waals surface area contributed by atoms with Gasteiger partial charge >= 0.3 is 0 Å². The number of halogens is 2. The lowest BCUT2D eigenvalue weighted by atomic mass is 10.2. The molecule has 3 aromatic rings. The summed E-state index contributed by atoms with van der Waals surface area (Å²) in [5, 5.41) is 5.56. The van der Waals surface area contributed by atoms with Crippen LogP contribution in [0.15, 0.2) is 54.6 Å². The Morgan fingerprint density at radius 1 is 1.04 bits per heavy atom. The summed E-state index contributed by atoms with van der Waals surface area (Å²) in [7, 11) is 0. The third-order valence-corrected chi connectivity index (χ3v) is 3.56. The van der Waals surface area contributed by atoms with Crippen LogP contribution in [0.1, 0.15) is 21.9 Å². The number of nitrogens with zero attached hydrogens (tertiary/aromatic N) is 2. The summed E-state index contributed by atoms with van der Waals surface area (Å²) < 4.78 is 26.9. The maximum Gasteiger partial charge on any atom is 0.270 e. The number of hydrogen-bond donors (Lipinski definition) is 2. The molecule has 0 atom stereocenters. The third-order valence-electron chi connectivity index (χ3n) is 3.56. The first kappa shape index (κ1) is 17.5. The van der Waals surface area contributed by atoms with E-state index in [1.807, 2.05) is 0 Å². The highest BCUT2D eigenvalue weighted by atomic mass is 19.1. The number of hydrogen-bond acceptors (Lipinski definition) is 4. The number of rotatable bonds is 5. The van der Waals surface area contributed by atoms with E-state index < -0.39 is 5.91 Å². The van der Waals surface area contributed by atoms with Crippen LogP contribution in [0.4, 0.5) is 20.3 Å². The van der Waals surface area contributed by atoms with Gasteiger partial charge < -0.3 is 10.6 Å². The number of nitrogens with one attached hydrogen (secondary N) is 2. The standard InChI is InChI=1S/C19H16F2N4O/c1-12-23-17(19(26)22-11-13-5-2-3-8-16(13)21)10-18(24-12)25-15-7-4-6-14(20)9-15/h2-10H,11H2,1H3,(H,22,26)(H,23,24,25). The van der Waals surface area contributed by atoms with Gasteiger partial charge in [0.15, 0.2) is 0 Å². The molecule has 0 aliphatic rings. The van der Waals surface area contributed by atoms with E-state index in [9.17, 15) is 13.6 Å². The lowest BCUT2D eigenvalue weighted by Crippen LogP contribution is -2.25. The van der Waals surface area contributed by atoms with E-state index in [1.54, 1.807) is 37.3 Å². The fraction of sp³-hybridized carbons (Fsp3) is 0.105. The Morgan fingerprint density at radius 3 is 2.62 bits per heavy atom. The van der Waals surface area contributed by atoms with Crippen molar-refractivity contribution in [3.63, 3.8) is 0 Å². The quantitative estimate of drug-likeness (QED) is 0.733. The molecule has 2 aromatic carbocycles. The Morgan fingerprint density at radius 2 is 1.85 bits per heavy atom. The Balaban J connectivity index is 1.74. The van der Waals surface area contributed by atoms with Crippen molar-refractivity contribution in [1.82, 2.24) is 15.3 Å². The van der Waals surface area contributed by atoms with Crippen LogP contribution < -0.4 is 10.6 Å². The molecule has 0 unspecified atom stereocenters. The van der Waals surface area contributed by atoms with Crippen LogP contribution in [-0.4, -0.2) is 15.9 Å². The lowest BCUT2D eigenvalue weighted by molar-refractivity contribution is 0.0945. The molecule has 0 spiro atoms. The Kier molecular flexibility index (Phi) is 5.17. The second kappa shape index (κ2) is 7.69. The van der Waals surface area contributed by atoms with Gasteiger partial charge in [0.2, 0.25) is 0 Å². The molecule has 5 nitrogen and oxygen atoms in total. The average molecular weight is 354 g/mol. The zero-order valence-corrected chi connectivity index (χ0v) is 14.0. The van der Waals surface area contributed by atoms with Gasteiger partial charge in [-0.3, -0.25) is 4.79 Å². The number of aryl methyl sites for hydroxylation is 1. The molecule has 0 saturated heterocycles. The zero-order chi connectivity index (χ0) is 18.5. The van der Waals surface area contributed by atoms with E-state index in [4.69, 9.17) is 0 Å². The topological polar surface area (TPSA) is 66.9 Å². The van der Waals surface area contributed by atoms with Crippen LogP contribution in [-0.2, 0) is 6.54 Å². The van der Waals surface area contributed by atoms with Crippen molar-refractivity contribution in [2.45, 2.75) is 13.5 Å². The molecule has 1 aromatic heterocycles. The first-order valence-corrected chi connectivity index (χ1v) is 7.91. The van der Waals surface area contributed by atoms with Gasteiger partial charge in [-0.15, -0.1) is 0 Å². The fourth-order valence-corrected chi connectivity index (χ4v) is 2.37. The maximum absolute atomic E-state index is 13.6. The summed E-state index contributed by atoms with van der Waals surface area (Å²) in [4.78, 5) is 20.6. The van der Waals surface area contributed by atoms with Crippen LogP contribution in [0.2, 0.25) is 0 Å². The average Bonchev–Trinajstić information content (AvgIpc) is 2.60. The van der Waals surface area contributed by atoms with Crippen LogP contribution in [0.3, 0.4) is 0 Å². The van der Waals surface area contributed by atoms with Crippen LogP contribution >= 0.6 is 0 Å². The normalized spacial score (nSPS) is 10.4. The molecule has 0 aliphatic carbocycles. The second-order valence-corrected chi connectivity index (χ2v) is 5.60. The summed E-state index contributed by atoms with van der Waals surface area (Å²) in [6.45, 7) is 1.69. The molecular formula is C19H16F2N4O. The Labute approximate surface area is 149 Å². The molecule has 0 aliphatic heterocycles. The lowest BCUT2D eigenvalue weighted by Gasteiger charge is -2.10. The minimum Gasteiger partial charge on any atom is -0.347 e. The third kappa shape index (κ3) is 4.38. The van der Waals surface area contributed by atoms with Crippen molar-refractivity contribution in [2.75, 3.05) is 5.32 Å². The van der Waals surface area contributed by atoms with E-state index in [0.717, 1.165) is 0 Å². The molecule has 0 bridgehead atoms. The number of benzene rings is 2. The number of amides is 1. The molecule has 7 heteroatoms. The van der Waals surface area contributed by atoms with Gasteiger partial charge in [0.25, 0.3) is 5.91 Å². The molecule has 132 valence electrons. The predicted octanol–water partition coefficient (Wildman–Crippen LogP) is 3.74. The first-order valence-electron chi connectivity index (χ1n) is 7.91. The monoisotopic (exact) mass is 354 g/mol.